The van der Waals surface area contributed by atoms with E-state index in [-0.39, 0.29) is 5.92 Å². The Balaban J connectivity index is 1.32. The third-order valence-corrected chi connectivity index (χ3v) is 7.62. The van der Waals surface area contributed by atoms with Gasteiger partial charge in [0.05, 0.1) is 6.26 Å². The minimum atomic E-state index is -3.15. The van der Waals surface area contributed by atoms with Crippen molar-refractivity contribution < 1.29 is 13.2 Å². The van der Waals surface area contributed by atoms with Crippen molar-refractivity contribution in [3.8, 4) is 5.75 Å². The van der Waals surface area contributed by atoms with Gasteiger partial charge in [0, 0.05) is 24.4 Å². The molecule has 8 nitrogen and oxygen atoms in total. The van der Waals surface area contributed by atoms with Gasteiger partial charge in [0.2, 0.25) is 15.0 Å². The number of nitrogens with zero attached hydrogens (tertiary/aromatic N) is 5. The molecular formula is C20H21N5O3S2. The Morgan fingerprint density at radius 2 is 1.87 bits per heavy atom. The van der Waals surface area contributed by atoms with Crippen molar-refractivity contribution in [2.75, 3.05) is 19.3 Å². The Morgan fingerprint density at radius 3 is 2.67 bits per heavy atom. The number of aromatic nitrogens is 4. The average molecular weight is 444 g/mol. The molecule has 1 fully saturated rings. The van der Waals surface area contributed by atoms with E-state index in [4.69, 9.17) is 4.74 Å². The van der Waals surface area contributed by atoms with E-state index in [2.05, 4.69) is 27.4 Å². The second-order valence-corrected chi connectivity index (χ2v) is 10.5. The standard InChI is InChI=1S/C20H21N5O3S2/c1-30(26,27)24-11-9-15(10-12-24)19-21-22-20-25(19)23-18(29-20)13-28-17-8-4-6-14-5-2-3-7-16(14)17/h2-8,15H,9-13H2,1H3. The maximum absolute atomic E-state index is 11.7. The van der Waals surface area contributed by atoms with E-state index in [0.29, 0.717) is 32.5 Å². The molecule has 1 aliphatic heterocycles. The monoisotopic (exact) mass is 443 g/mol. The molecule has 0 atom stereocenters. The summed E-state index contributed by atoms with van der Waals surface area (Å²) in [5, 5.41) is 16.3. The second-order valence-electron chi connectivity index (χ2n) is 7.45. The quantitative estimate of drug-likeness (QED) is 0.471. The summed E-state index contributed by atoms with van der Waals surface area (Å²) in [6.45, 7) is 1.35. The molecule has 30 heavy (non-hydrogen) atoms. The largest absolute Gasteiger partial charge is 0.486 e. The third-order valence-electron chi connectivity index (χ3n) is 5.45. The molecule has 2 aromatic heterocycles. The summed E-state index contributed by atoms with van der Waals surface area (Å²) < 4.78 is 32.8. The predicted molar refractivity (Wildman–Crippen MR) is 115 cm³/mol. The van der Waals surface area contributed by atoms with Crippen LogP contribution in [0.1, 0.15) is 29.6 Å². The number of rotatable bonds is 5. The van der Waals surface area contributed by atoms with Crippen LogP contribution >= 0.6 is 11.3 Å². The highest BCUT2D eigenvalue weighted by molar-refractivity contribution is 7.88. The summed E-state index contributed by atoms with van der Waals surface area (Å²) >= 11 is 1.46. The number of hydrogen-bond acceptors (Lipinski definition) is 7. The van der Waals surface area contributed by atoms with Gasteiger partial charge in [-0.2, -0.15) is 9.61 Å². The molecule has 0 spiro atoms. The third kappa shape index (κ3) is 3.66. The number of ether oxygens (including phenoxy) is 1. The van der Waals surface area contributed by atoms with E-state index in [1.807, 2.05) is 30.3 Å². The molecule has 0 unspecified atom stereocenters. The van der Waals surface area contributed by atoms with Crippen LogP contribution in [-0.2, 0) is 16.6 Å². The molecule has 1 saturated heterocycles. The van der Waals surface area contributed by atoms with Gasteiger partial charge in [0.15, 0.2) is 10.8 Å². The number of hydrogen-bond donors (Lipinski definition) is 0. The molecule has 3 heterocycles. The lowest BCUT2D eigenvalue weighted by molar-refractivity contribution is 0.305. The van der Waals surface area contributed by atoms with Crippen LogP contribution in [0.15, 0.2) is 42.5 Å². The van der Waals surface area contributed by atoms with Gasteiger partial charge in [-0.3, -0.25) is 0 Å². The van der Waals surface area contributed by atoms with Crippen LogP contribution in [0.2, 0.25) is 0 Å². The van der Waals surface area contributed by atoms with Crippen LogP contribution in [0, 0.1) is 0 Å². The van der Waals surface area contributed by atoms with Crippen molar-refractivity contribution in [2.24, 2.45) is 0 Å². The van der Waals surface area contributed by atoms with E-state index in [1.165, 1.54) is 21.9 Å². The molecule has 2 aromatic carbocycles. The number of sulfonamides is 1. The van der Waals surface area contributed by atoms with Crippen molar-refractivity contribution in [3.63, 3.8) is 0 Å². The van der Waals surface area contributed by atoms with E-state index in [1.54, 1.807) is 4.52 Å². The molecule has 156 valence electrons. The molecular weight excluding hydrogens is 422 g/mol. The molecule has 5 rings (SSSR count). The van der Waals surface area contributed by atoms with Crippen LogP contribution in [0.5, 0.6) is 5.75 Å². The number of fused-ring (bicyclic) bond motifs is 2. The number of piperidine rings is 1. The van der Waals surface area contributed by atoms with Crippen LogP contribution in [0.4, 0.5) is 0 Å². The molecule has 0 saturated carbocycles. The van der Waals surface area contributed by atoms with Crippen LogP contribution in [0.25, 0.3) is 15.7 Å². The van der Waals surface area contributed by atoms with Gasteiger partial charge >= 0.3 is 0 Å². The normalized spacial score (nSPS) is 16.4. The fourth-order valence-corrected chi connectivity index (χ4v) is 5.52. The smallest absolute Gasteiger partial charge is 0.234 e. The molecule has 10 heteroatoms. The van der Waals surface area contributed by atoms with Gasteiger partial charge in [-0.25, -0.2) is 12.7 Å². The maximum atomic E-state index is 11.7. The van der Waals surface area contributed by atoms with E-state index in [0.717, 1.165) is 32.3 Å². The lowest BCUT2D eigenvalue weighted by atomic mass is 9.97. The fraction of sp³-hybridized carbons (Fsp3) is 0.350. The first-order valence-corrected chi connectivity index (χ1v) is 12.4. The molecule has 1 aliphatic rings. The first kappa shape index (κ1) is 19.4. The predicted octanol–water partition coefficient (Wildman–Crippen LogP) is 3.06. The van der Waals surface area contributed by atoms with Crippen LogP contribution in [-0.4, -0.2) is 51.9 Å². The van der Waals surface area contributed by atoms with Gasteiger partial charge in [-0.05, 0) is 24.3 Å². The molecule has 0 radical (unpaired) electrons. The van der Waals surface area contributed by atoms with Crippen LogP contribution in [0.3, 0.4) is 0 Å². The Labute approximate surface area is 178 Å². The molecule has 0 N–H and O–H groups in total. The minimum Gasteiger partial charge on any atom is -0.486 e. The van der Waals surface area contributed by atoms with Crippen molar-refractivity contribution in [1.29, 1.82) is 0 Å². The van der Waals surface area contributed by atoms with Crippen LogP contribution < -0.4 is 4.74 Å². The molecule has 0 aliphatic carbocycles. The second kappa shape index (κ2) is 7.60. The highest BCUT2D eigenvalue weighted by atomic mass is 32.2. The maximum Gasteiger partial charge on any atom is 0.234 e. The average Bonchev–Trinajstić information content (AvgIpc) is 3.32. The van der Waals surface area contributed by atoms with Gasteiger partial charge in [-0.15, -0.1) is 10.2 Å². The lowest BCUT2D eigenvalue weighted by Crippen LogP contribution is -2.37. The number of benzene rings is 2. The SMILES string of the molecule is CS(=O)(=O)N1CCC(c2nnc3sc(COc4cccc5ccccc45)nn23)CC1. The minimum absolute atomic E-state index is 0.145. The highest BCUT2D eigenvalue weighted by Gasteiger charge is 2.29. The van der Waals surface area contributed by atoms with Gasteiger partial charge in [-0.1, -0.05) is 47.7 Å². The van der Waals surface area contributed by atoms with Gasteiger partial charge in [0.25, 0.3) is 0 Å². The van der Waals surface area contributed by atoms with Gasteiger partial charge in [0.1, 0.15) is 12.4 Å². The Bertz CT molecular complexity index is 1300. The Morgan fingerprint density at radius 1 is 1.10 bits per heavy atom. The van der Waals surface area contributed by atoms with Gasteiger partial charge < -0.3 is 4.74 Å². The molecule has 0 bridgehead atoms. The molecule has 0 amide bonds. The van der Waals surface area contributed by atoms with Crippen molar-refractivity contribution in [1.82, 2.24) is 24.1 Å². The van der Waals surface area contributed by atoms with Crippen molar-refractivity contribution in [2.45, 2.75) is 25.4 Å². The zero-order valence-electron chi connectivity index (χ0n) is 16.4. The molecule has 4 aromatic rings. The summed E-state index contributed by atoms with van der Waals surface area (Å²) in [4.78, 5) is 0.729. The zero-order valence-corrected chi connectivity index (χ0v) is 18.1. The summed E-state index contributed by atoms with van der Waals surface area (Å²) in [6.07, 6.45) is 2.69. The van der Waals surface area contributed by atoms with E-state index < -0.39 is 10.0 Å². The highest BCUT2D eigenvalue weighted by Crippen LogP contribution is 2.30. The Hall–Kier alpha value is -2.56. The summed E-state index contributed by atoms with van der Waals surface area (Å²) in [5.74, 6) is 1.77. The Kier molecular flexibility index (Phi) is 4.92. The summed E-state index contributed by atoms with van der Waals surface area (Å²) in [6, 6.07) is 14.1. The zero-order chi connectivity index (χ0) is 20.7. The van der Waals surface area contributed by atoms with Crippen molar-refractivity contribution >= 4 is 37.1 Å². The first-order valence-electron chi connectivity index (χ1n) is 9.76. The first-order chi connectivity index (χ1) is 14.5. The van der Waals surface area contributed by atoms with Crippen molar-refractivity contribution in [3.05, 3.63) is 53.3 Å². The lowest BCUT2D eigenvalue weighted by Gasteiger charge is -2.28. The van der Waals surface area contributed by atoms with E-state index >= 15 is 0 Å². The van der Waals surface area contributed by atoms with E-state index in [9.17, 15) is 8.42 Å². The summed E-state index contributed by atoms with van der Waals surface area (Å²) in [5.41, 5.74) is 0. The fourth-order valence-electron chi connectivity index (χ4n) is 3.89. The topological polar surface area (TPSA) is 89.7 Å². The summed E-state index contributed by atoms with van der Waals surface area (Å²) in [7, 11) is -3.15.